The van der Waals surface area contributed by atoms with Crippen molar-refractivity contribution in [3.8, 4) is 0 Å². The molecular weight excluding hydrogens is 230 g/mol. The van der Waals surface area contributed by atoms with E-state index >= 15 is 0 Å². The number of aryl methyl sites for hydroxylation is 2. The number of rotatable bonds is 4. The SMILES string of the molecule is Cc1cccc(CC(=O)NCc2nc(C)no2)c1. The molecule has 0 saturated carbocycles. The first-order valence-electron chi connectivity index (χ1n) is 5.75. The summed E-state index contributed by atoms with van der Waals surface area (Å²) in [6.07, 6.45) is 0.356. The fourth-order valence-corrected chi connectivity index (χ4v) is 1.66. The van der Waals surface area contributed by atoms with Crippen LogP contribution in [-0.2, 0) is 17.8 Å². The number of nitrogens with zero attached hydrogens (tertiary/aromatic N) is 2. The number of benzene rings is 1. The monoisotopic (exact) mass is 245 g/mol. The zero-order valence-electron chi connectivity index (χ0n) is 10.4. The van der Waals surface area contributed by atoms with Crippen molar-refractivity contribution in [1.29, 1.82) is 0 Å². The van der Waals surface area contributed by atoms with Gasteiger partial charge in [0, 0.05) is 0 Å². The summed E-state index contributed by atoms with van der Waals surface area (Å²) in [6, 6.07) is 7.88. The molecule has 0 aliphatic rings. The average molecular weight is 245 g/mol. The third-order valence-electron chi connectivity index (χ3n) is 2.45. The van der Waals surface area contributed by atoms with Crippen LogP contribution >= 0.6 is 0 Å². The Labute approximate surface area is 105 Å². The highest BCUT2D eigenvalue weighted by atomic mass is 16.5. The predicted molar refractivity (Wildman–Crippen MR) is 65.8 cm³/mol. The Morgan fingerprint density at radius 2 is 2.22 bits per heavy atom. The number of aromatic nitrogens is 2. The molecule has 0 fully saturated rings. The van der Waals surface area contributed by atoms with Crippen molar-refractivity contribution in [2.75, 3.05) is 0 Å². The third kappa shape index (κ3) is 3.41. The molecule has 0 atom stereocenters. The molecule has 0 aliphatic heterocycles. The number of carbonyl (C=O) groups is 1. The lowest BCUT2D eigenvalue weighted by atomic mass is 10.1. The number of amides is 1. The number of hydrogen-bond acceptors (Lipinski definition) is 4. The largest absolute Gasteiger partial charge is 0.347 e. The fourth-order valence-electron chi connectivity index (χ4n) is 1.66. The minimum Gasteiger partial charge on any atom is -0.347 e. The van der Waals surface area contributed by atoms with Gasteiger partial charge in [0.2, 0.25) is 11.8 Å². The second kappa shape index (κ2) is 5.44. The van der Waals surface area contributed by atoms with Gasteiger partial charge in [0.1, 0.15) is 0 Å². The van der Waals surface area contributed by atoms with E-state index in [9.17, 15) is 4.79 Å². The molecule has 2 aromatic rings. The molecule has 1 heterocycles. The molecule has 0 radical (unpaired) electrons. The molecular formula is C13H15N3O2. The zero-order valence-corrected chi connectivity index (χ0v) is 10.4. The minimum atomic E-state index is -0.0588. The van der Waals surface area contributed by atoms with Crippen LogP contribution in [0.1, 0.15) is 22.8 Å². The van der Waals surface area contributed by atoms with Crippen LogP contribution in [0.5, 0.6) is 0 Å². The molecule has 5 heteroatoms. The van der Waals surface area contributed by atoms with Crippen LogP contribution in [0.2, 0.25) is 0 Å². The van der Waals surface area contributed by atoms with E-state index in [0.29, 0.717) is 18.1 Å². The van der Waals surface area contributed by atoms with Gasteiger partial charge in [0.25, 0.3) is 0 Å². The van der Waals surface area contributed by atoms with E-state index in [0.717, 1.165) is 11.1 Å². The Bertz CT molecular complexity index is 549. The van der Waals surface area contributed by atoms with Crippen LogP contribution < -0.4 is 5.32 Å². The summed E-state index contributed by atoms with van der Waals surface area (Å²) in [6.45, 7) is 4.01. The van der Waals surface area contributed by atoms with Gasteiger partial charge in [-0.1, -0.05) is 35.0 Å². The number of carbonyl (C=O) groups excluding carboxylic acids is 1. The van der Waals surface area contributed by atoms with Gasteiger partial charge >= 0.3 is 0 Å². The summed E-state index contributed by atoms with van der Waals surface area (Å²) in [7, 11) is 0. The van der Waals surface area contributed by atoms with Crippen molar-refractivity contribution >= 4 is 5.91 Å². The summed E-state index contributed by atoms with van der Waals surface area (Å²) in [5.74, 6) is 0.930. The van der Waals surface area contributed by atoms with E-state index in [-0.39, 0.29) is 12.5 Å². The maximum absolute atomic E-state index is 11.7. The molecule has 1 N–H and O–H groups in total. The molecule has 1 amide bonds. The summed E-state index contributed by atoms with van der Waals surface area (Å²) in [4.78, 5) is 15.7. The van der Waals surface area contributed by atoms with E-state index in [1.165, 1.54) is 0 Å². The van der Waals surface area contributed by atoms with Crippen LogP contribution in [0.25, 0.3) is 0 Å². The molecule has 18 heavy (non-hydrogen) atoms. The molecule has 0 bridgehead atoms. The van der Waals surface area contributed by atoms with Crippen LogP contribution in [0.15, 0.2) is 28.8 Å². The topological polar surface area (TPSA) is 68.0 Å². The molecule has 0 unspecified atom stereocenters. The van der Waals surface area contributed by atoms with Crippen LogP contribution in [0.3, 0.4) is 0 Å². The minimum absolute atomic E-state index is 0.0588. The molecule has 0 aliphatic carbocycles. The van der Waals surface area contributed by atoms with Gasteiger partial charge in [-0.2, -0.15) is 4.98 Å². The van der Waals surface area contributed by atoms with Crippen LogP contribution in [0, 0.1) is 13.8 Å². The van der Waals surface area contributed by atoms with Crippen molar-refractivity contribution in [2.45, 2.75) is 26.8 Å². The second-order valence-electron chi connectivity index (χ2n) is 4.18. The Balaban J connectivity index is 1.85. The molecule has 0 spiro atoms. The molecule has 1 aromatic heterocycles. The number of nitrogens with one attached hydrogen (secondary N) is 1. The van der Waals surface area contributed by atoms with E-state index in [1.54, 1.807) is 6.92 Å². The zero-order chi connectivity index (χ0) is 13.0. The quantitative estimate of drug-likeness (QED) is 0.887. The first kappa shape index (κ1) is 12.3. The highest BCUT2D eigenvalue weighted by molar-refractivity contribution is 5.78. The third-order valence-corrected chi connectivity index (χ3v) is 2.45. The van der Waals surface area contributed by atoms with Crippen molar-refractivity contribution < 1.29 is 9.32 Å². The second-order valence-corrected chi connectivity index (χ2v) is 4.18. The van der Waals surface area contributed by atoms with E-state index in [4.69, 9.17) is 4.52 Å². The Morgan fingerprint density at radius 1 is 1.39 bits per heavy atom. The Morgan fingerprint density at radius 3 is 2.89 bits per heavy atom. The van der Waals surface area contributed by atoms with Gasteiger partial charge in [-0.25, -0.2) is 0 Å². The summed E-state index contributed by atoms with van der Waals surface area (Å²) in [5, 5.41) is 6.40. The number of hydrogen-bond donors (Lipinski definition) is 1. The maximum Gasteiger partial charge on any atom is 0.246 e. The average Bonchev–Trinajstić information content (AvgIpc) is 2.73. The van der Waals surface area contributed by atoms with E-state index in [1.807, 2.05) is 31.2 Å². The smallest absolute Gasteiger partial charge is 0.246 e. The highest BCUT2D eigenvalue weighted by Crippen LogP contribution is 2.04. The molecule has 0 saturated heterocycles. The maximum atomic E-state index is 11.7. The van der Waals surface area contributed by atoms with Gasteiger partial charge in [-0.15, -0.1) is 0 Å². The molecule has 2 rings (SSSR count). The fraction of sp³-hybridized carbons (Fsp3) is 0.308. The van der Waals surface area contributed by atoms with Crippen molar-refractivity contribution in [1.82, 2.24) is 15.5 Å². The van der Waals surface area contributed by atoms with Gasteiger partial charge in [0.15, 0.2) is 5.82 Å². The lowest BCUT2D eigenvalue weighted by Crippen LogP contribution is -2.24. The van der Waals surface area contributed by atoms with Gasteiger partial charge in [0.05, 0.1) is 13.0 Å². The van der Waals surface area contributed by atoms with Gasteiger partial charge in [-0.05, 0) is 19.4 Å². The summed E-state index contributed by atoms with van der Waals surface area (Å²) in [5.41, 5.74) is 2.14. The molecule has 1 aromatic carbocycles. The standard InChI is InChI=1S/C13H15N3O2/c1-9-4-3-5-11(6-9)7-12(17)14-8-13-15-10(2)16-18-13/h3-6H,7-8H2,1-2H3,(H,14,17). The van der Waals surface area contributed by atoms with Crippen molar-refractivity contribution in [3.63, 3.8) is 0 Å². The summed E-state index contributed by atoms with van der Waals surface area (Å²) >= 11 is 0. The Kier molecular flexibility index (Phi) is 3.72. The van der Waals surface area contributed by atoms with Crippen LogP contribution in [0.4, 0.5) is 0 Å². The van der Waals surface area contributed by atoms with Crippen molar-refractivity contribution in [2.24, 2.45) is 0 Å². The lowest BCUT2D eigenvalue weighted by molar-refractivity contribution is -0.120. The van der Waals surface area contributed by atoms with Gasteiger partial charge in [-0.3, -0.25) is 4.79 Å². The lowest BCUT2D eigenvalue weighted by Gasteiger charge is -2.03. The first-order valence-corrected chi connectivity index (χ1v) is 5.75. The van der Waals surface area contributed by atoms with E-state index in [2.05, 4.69) is 15.5 Å². The molecule has 5 nitrogen and oxygen atoms in total. The normalized spacial score (nSPS) is 10.3. The first-order chi connectivity index (χ1) is 8.63. The van der Waals surface area contributed by atoms with E-state index < -0.39 is 0 Å². The van der Waals surface area contributed by atoms with Crippen molar-refractivity contribution in [3.05, 3.63) is 47.1 Å². The summed E-state index contributed by atoms with van der Waals surface area (Å²) < 4.78 is 4.91. The Hall–Kier alpha value is -2.17. The van der Waals surface area contributed by atoms with Crippen LogP contribution in [-0.4, -0.2) is 16.0 Å². The highest BCUT2D eigenvalue weighted by Gasteiger charge is 2.06. The van der Waals surface area contributed by atoms with Gasteiger partial charge < -0.3 is 9.84 Å². The molecule has 94 valence electrons. The predicted octanol–water partition coefficient (Wildman–Crippen LogP) is 1.55.